The first-order valence-electron chi connectivity index (χ1n) is 13.1. The molecule has 2 aliphatic rings. The van der Waals surface area contributed by atoms with Crippen LogP contribution < -0.4 is 5.32 Å². The number of pyridine rings is 1. The highest BCUT2D eigenvalue weighted by Crippen LogP contribution is 2.30. The third kappa shape index (κ3) is 4.57. The number of fused-ring (bicyclic) bond motifs is 1. The molecule has 0 bridgehead atoms. The van der Waals surface area contributed by atoms with Crippen molar-refractivity contribution >= 4 is 17.1 Å². The highest BCUT2D eigenvalue weighted by molar-refractivity contribution is 5.80. The van der Waals surface area contributed by atoms with Crippen molar-refractivity contribution in [2.24, 2.45) is 0 Å². The highest BCUT2D eigenvalue weighted by atomic mass is 19.1. The molecule has 0 amide bonds. The summed E-state index contributed by atoms with van der Waals surface area (Å²) >= 11 is 0. The molecule has 1 aliphatic heterocycles. The lowest BCUT2D eigenvalue weighted by atomic mass is 10.1. The summed E-state index contributed by atoms with van der Waals surface area (Å²) in [5, 5.41) is 3.49. The van der Waals surface area contributed by atoms with Gasteiger partial charge in [-0.3, -0.25) is 9.47 Å². The summed E-state index contributed by atoms with van der Waals surface area (Å²) in [4.78, 5) is 21.8. The van der Waals surface area contributed by atoms with Gasteiger partial charge >= 0.3 is 0 Å². The Labute approximate surface area is 210 Å². The normalized spacial score (nSPS) is 18.1. The molecule has 36 heavy (non-hydrogen) atoms. The van der Waals surface area contributed by atoms with E-state index >= 15 is 0 Å². The molecule has 186 valence electrons. The number of benzene rings is 1. The highest BCUT2D eigenvalue weighted by Gasteiger charge is 2.23. The molecule has 1 N–H and O–H groups in total. The molecule has 1 unspecified atom stereocenters. The quantitative estimate of drug-likeness (QED) is 0.366. The maximum absolute atomic E-state index is 13.7. The average molecular weight is 486 g/mol. The molecule has 4 aromatic rings. The van der Waals surface area contributed by atoms with Crippen molar-refractivity contribution in [1.29, 1.82) is 0 Å². The summed E-state index contributed by atoms with van der Waals surface area (Å²) in [5.41, 5.74) is 3.36. The summed E-state index contributed by atoms with van der Waals surface area (Å²) in [6.45, 7) is 4.43. The van der Waals surface area contributed by atoms with Crippen LogP contribution in [0, 0.1) is 5.82 Å². The molecule has 7 nitrogen and oxygen atoms in total. The number of nitrogens with one attached hydrogen (secondary N) is 1. The van der Waals surface area contributed by atoms with Crippen LogP contribution in [0.5, 0.6) is 0 Å². The van der Waals surface area contributed by atoms with Crippen LogP contribution in [-0.4, -0.2) is 48.5 Å². The molecule has 8 heteroatoms. The van der Waals surface area contributed by atoms with Crippen LogP contribution >= 0.6 is 0 Å². The van der Waals surface area contributed by atoms with Gasteiger partial charge in [0.1, 0.15) is 17.5 Å². The van der Waals surface area contributed by atoms with Crippen LogP contribution in [-0.2, 0) is 0 Å². The SMILES string of the molecule is CC(c1ccc2c(n1)nc(-c1ccc(F)cc1)n2-c1ccnc(NC2CCCC2)n1)N1CCCCC1. The van der Waals surface area contributed by atoms with Gasteiger partial charge in [0.15, 0.2) is 5.65 Å². The van der Waals surface area contributed by atoms with Crippen LogP contribution in [0.1, 0.15) is 63.6 Å². The van der Waals surface area contributed by atoms with Crippen LogP contribution in [0.3, 0.4) is 0 Å². The van der Waals surface area contributed by atoms with Crippen molar-refractivity contribution in [3.63, 3.8) is 0 Å². The van der Waals surface area contributed by atoms with E-state index in [0.717, 1.165) is 42.7 Å². The van der Waals surface area contributed by atoms with E-state index in [4.69, 9.17) is 15.0 Å². The number of halogens is 1. The lowest BCUT2D eigenvalue weighted by molar-refractivity contribution is 0.172. The summed E-state index contributed by atoms with van der Waals surface area (Å²) < 4.78 is 15.7. The largest absolute Gasteiger partial charge is 0.351 e. The minimum absolute atomic E-state index is 0.232. The second-order valence-corrected chi connectivity index (χ2v) is 9.99. The van der Waals surface area contributed by atoms with E-state index in [1.54, 1.807) is 18.3 Å². The van der Waals surface area contributed by atoms with Gasteiger partial charge in [0.2, 0.25) is 5.95 Å². The summed E-state index contributed by atoms with van der Waals surface area (Å²) in [7, 11) is 0. The Hall–Kier alpha value is -3.39. The van der Waals surface area contributed by atoms with Crippen molar-refractivity contribution in [3.05, 3.63) is 60.2 Å². The fourth-order valence-electron chi connectivity index (χ4n) is 5.52. The molecule has 1 saturated carbocycles. The zero-order valence-electron chi connectivity index (χ0n) is 20.7. The Morgan fingerprint density at radius 3 is 2.44 bits per heavy atom. The smallest absolute Gasteiger partial charge is 0.224 e. The molecule has 1 atom stereocenters. The molecule has 4 heterocycles. The van der Waals surface area contributed by atoms with Gasteiger partial charge in [0.25, 0.3) is 0 Å². The third-order valence-corrected chi connectivity index (χ3v) is 7.57. The van der Waals surface area contributed by atoms with Crippen molar-refractivity contribution in [2.45, 2.75) is 64.0 Å². The van der Waals surface area contributed by atoms with Crippen LogP contribution in [0.25, 0.3) is 28.4 Å². The van der Waals surface area contributed by atoms with Gasteiger partial charge in [-0.05, 0) is 88.2 Å². The Bertz CT molecular complexity index is 1340. The Morgan fingerprint density at radius 1 is 0.889 bits per heavy atom. The van der Waals surface area contributed by atoms with Crippen molar-refractivity contribution in [2.75, 3.05) is 18.4 Å². The van der Waals surface area contributed by atoms with Gasteiger partial charge in [-0.2, -0.15) is 4.98 Å². The fraction of sp³-hybridized carbons (Fsp3) is 0.429. The Morgan fingerprint density at radius 2 is 1.67 bits per heavy atom. The van der Waals surface area contributed by atoms with E-state index < -0.39 is 0 Å². The fourth-order valence-corrected chi connectivity index (χ4v) is 5.52. The standard InChI is InChI=1S/C28H32FN7/c1-19(35-17-5-2-6-18-35)23-13-14-24-26(32-23)34-27(20-9-11-21(29)12-10-20)36(24)25-15-16-30-28(33-25)31-22-7-3-4-8-22/h9-16,19,22H,2-8,17-18H2,1H3,(H,30,31,33). The van der Waals surface area contributed by atoms with Gasteiger partial charge < -0.3 is 5.32 Å². The van der Waals surface area contributed by atoms with Crippen LogP contribution in [0.15, 0.2) is 48.7 Å². The van der Waals surface area contributed by atoms with E-state index in [1.807, 2.05) is 10.6 Å². The van der Waals surface area contributed by atoms with E-state index in [2.05, 4.69) is 34.3 Å². The first-order valence-corrected chi connectivity index (χ1v) is 13.1. The number of imidazole rings is 1. The van der Waals surface area contributed by atoms with Gasteiger partial charge in [0, 0.05) is 23.8 Å². The molecular weight excluding hydrogens is 453 g/mol. The molecule has 1 aromatic carbocycles. The van der Waals surface area contributed by atoms with Gasteiger partial charge in [0.05, 0.1) is 11.2 Å². The predicted octanol–water partition coefficient (Wildman–Crippen LogP) is 5.92. The molecular formula is C28H32FN7. The monoisotopic (exact) mass is 485 g/mol. The molecule has 2 fully saturated rings. The van der Waals surface area contributed by atoms with E-state index in [0.29, 0.717) is 29.3 Å². The van der Waals surface area contributed by atoms with Crippen molar-refractivity contribution in [3.8, 4) is 17.2 Å². The first kappa shape index (κ1) is 23.0. The van der Waals surface area contributed by atoms with Gasteiger partial charge in [-0.1, -0.05) is 19.3 Å². The second-order valence-electron chi connectivity index (χ2n) is 9.99. The molecule has 0 radical (unpaired) electrons. The van der Waals surface area contributed by atoms with Crippen molar-refractivity contribution < 1.29 is 4.39 Å². The zero-order chi connectivity index (χ0) is 24.5. The van der Waals surface area contributed by atoms with E-state index in [1.165, 1.54) is 44.2 Å². The lowest BCUT2D eigenvalue weighted by Crippen LogP contribution is -2.32. The Balaban J connectivity index is 1.43. The molecule has 0 spiro atoms. The van der Waals surface area contributed by atoms with Crippen molar-refractivity contribution in [1.82, 2.24) is 29.4 Å². The number of aromatic nitrogens is 5. The Kier molecular flexibility index (Phi) is 6.35. The number of piperidine rings is 1. The predicted molar refractivity (Wildman–Crippen MR) is 140 cm³/mol. The summed E-state index contributed by atoms with van der Waals surface area (Å²) in [5.74, 6) is 1.74. The van der Waals surface area contributed by atoms with Gasteiger partial charge in [-0.15, -0.1) is 0 Å². The van der Waals surface area contributed by atoms with Crippen LogP contribution in [0.2, 0.25) is 0 Å². The topological polar surface area (TPSA) is 71.8 Å². The maximum atomic E-state index is 13.7. The minimum Gasteiger partial charge on any atom is -0.351 e. The molecule has 1 aliphatic carbocycles. The van der Waals surface area contributed by atoms with Gasteiger partial charge in [-0.25, -0.2) is 19.3 Å². The lowest BCUT2D eigenvalue weighted by Gasteiger charge is -2.31. The zero-order valence-corrected chi connectivity index (χ0v) is 20.7. The second kappa shape index (κ2) is 9.93. The number of nitrogens with zero attached hydrogens (tertiary/aromatic N) is 6. The minimum atomic E-state index is -0.276. The molecule has 6 rings (SSSR count). The number of rotatable bonds is 6. The molecule has 1 saturated heterocycles. The van der Waals surface area contributed by atoms with E-state index in [9.17, 15) is 4.39 Å². The number of hydrogen-bond acceptors (Lipinski definition) is 6. The summed E-state index contributed by atoms with van der Waals surface area (Å²) in [6.07, 6.45) is 10.3. The number of anilines is 1. The maximum Gasteiger partial charge on any atom is 0.224 e. The summed E-state index contributed by atoms with van der Waals surface area (Å²) in [6, 6.07) is 13.2. The number of likely N-dealkylation sites (tertiary alicyclic amines) is 1. The number of hydrogen-bond donors (Lipinski definition) is 1. The average Bonchev–Trinajstić information content (AvgIpc) is 3.57. The first-order chi connectivity index (χ1) is 17.7. The van der Waals surface area contributed by atoms with E-state index in [-0.39, 0.29) is 11.9 Å². The van der Waals surface area contributed by atoms with Crippen LogP contribution in [0.4, 0.5) is 10.3 Å². The third-order valence-electron chi connectivity index (χ3n) is 7.57. The molecule has 3 aromatic heterocycles.